The van der Waals surface area contributed by atoms with Gasteiger partial charge in [0.15, 0.2) is 0 Å². The third-order valence-electron chi connectivity index (χ3n) is 6.11. The van der Waals surface area contributed by atoms with Gasteiger partial charge >= 0.3 is 0 Å². The predicted molar refractivity (Wildman–Crippen MR) is 110 cm³/mol. The molecular weight excluding hydrogens is 346 g/mol. The molecule has 0 radical (unpaired) electrons. The van der Waals surface area contributed by atoms with E-state index in [2.05, 4.69) is 56.3 Å². The fraction of sp³-hybridized carbons (Fsp3) is 0.391. The minimum Gasteiger partial charge on any atom is -0.296 e. The zero-order valence-electron chi connectivity index (χ0n) is 16.2. The molecule has 144 valence electrons. The van der Waals surface area contributed by atoms with Gasteiger partial charge in [0.1, 0.15) is 0 Å². The number of hydrogen-bond acceptors (Lipinski definition) is 4. The Hall–Kier alpha value is -2.50. The Morgan fingerprint density at radius 1 is 0.857 bits per heavy atom. The molecule has 0 aliphatic carbocycles. The first-order valence-corrected chi connectivity index (χ1v) is 10.3. The summed E-state index contributed by atoms with van der Waals surface area (Å²) in [5.41, 5.74) is 3.69. The van der Waals surface area contributed by atoms with Crippen molar-refractivity contribution >= 4 is 0 Å². The van der Waals surface area contributed by atoms with Gasteiger partial charge in [-0.1, -0.05) is 18.2 Å². The SMILES string of the molecule is c1ccc(CN2C[C@@H]3CC[C@H](C2)N(Cc2ccc(-n4cccn4)cc2)C3)nc1. The van der Waals surface area contributed by atoms with Gasteiger partial charge in [-0.2, -0.15) is 5.10 Å². The Labute approximate surface area is 166 Å². The number of pyridine rings is 1. The summed E-state index contributed by atoms with van der Waals surface area (Å²) in [6, 6.07) is 17.7. The van der Waals surface area contributed by atoms with Crippen LogP contribution < -0.4 is 0 Å². The minimum absolute atomic E-state index is 0.647. The zero-order valence-corrected chi connectivity index (χ0v) is 16.2. The summed E-state index contributed by atoms with van der Waals surface area (Å²) in [4.78, 5) is 9.85. The van der Waals surface area contributed by atoms with Crippen molar-refractivity contribution in [2.75, 3.05) is 19.6 Å². The lowest BCUT2D eigenvalue weighted by Gasteiger charge is -2.36. The normalized spacial score (nSPS) is 23.0. The van der Waals surface area contributed by atoms with Gasteiger partial charge in [0.05, 0.1) is 11.4 Å². The lowest BCUT2D eigenvalue weighted by Crippen LogP contribution is -2.43. The summed E-state index contributed by atoms with van der Waals surface area (Å²) in [5.74, 6) is 0.769. The third kappa shape index (κ3) is 3.86. The molecule has 2 atom stereocenters. The molecule has 0 unspecified atom stereocenters. The zero-order chi connectivity index (χ0) is 18.8. The minimum atomic E-state index is 0.647. The van der Waals surface area contributed by atoms with E-state index in [0.717, 1.165) is 31.2 Å². The van der Waals surface area contributed by atoms with Crippen LogP contribution in [0.1, 0.15) is 24.1 Å². The molecule has 5 heterocycles. The maximum Gasteiger partial charge on any atom is 0.0645 e. The van der Waals surface area contributed by atoms with Crippen LogP contribution in [0.2, 0.25) is 0 Å². The molecule has 3 saturated heterocycles. The van der Waals surface area contributed by atoms with E-state index in [1.54, 1.807) is 0 Å². The molecule has 1 aromatic carbocycles. The van der Waals surface area contributed by atoms with Crippen LogP contribution in [0.4, 0.5) is 0 Å². The van der Waals surface area contributed by atoms with Crippen molar-refractivity contribution < 1.29 is 0 Å². The second kappa shape index (κ2) is 7.86. The van der Waals surface area contributed by atoms with Crippen LogP contribution >= 0.6 is 0 Å². The Morgan fingerprint density at radius 2 is 1.79 bits per heavy atom. The van der Waals surface area contributed by atoms with E-state index in [4.69, 9.17) is 0 Å². The highest BCUT2D eigenvalue weighted by atomic mass is 15.3. The summed E-state index contributed by atoms with van der Waals surface area (Å²) < 4.78 is 1.91. The number of hydrogen-bond donors (Lipinski definition) is 0. The Bertz CT molecular complexity index is 875. The van der Waals surface area contributed by atoms with Gasteiger partial charge in [-0.3, -0.25) is 14.8 Å². The van der Waals surface area contributed by atoms with E-state index in [0.29, 0.717) is 6.04 Å². The molecule has 5 heteroatoms. The average molecular weight is 374 g/mol. The van der Waals surface area contributed by atoms with Crippen molar-refractivity contribution in [3.8, 4) is 5.69 Å². The van der Waals surface area contributed by atoms with Crippen molar-refractivity contribution in [3.63, 3.8) is 0 Å². The smallest absolute Gasteiger partial charge is 0.0645 e. The van der Waals surface area contributed by atoms with Crippen LogP contribution in [0.25, 0.3) is 5.69 Å². The molecule has 28 heavy (non-hydrogen) atoms. The summed E-state index contributed by atoms with van der Waals surface area (Å²) >= 11 is 0. The molecule has 3 fully saturated rings. The van der Waals surface area contributed by atoms with Gasteiger partial charge in [0, 0.05) is 57.4 Å². The first-order valence-electron chi connectivity index (χ1n) is 10.3. The number of fused-ring (bicyclic) bond motifs is 4. The van der Waals surface area contributed by atoms with Crippen LogP contribution in [0.3, 0.4) is 0 Å². The lowest BCUT2D eigenvalue weighted by atomic mass is 9.94. The maximum atomic E-state index is 4.53. The van der Waals surface area contributed by atoms with Gasteiger partial charge in [0.25, 0.3) is 0 Å². The van der Waals surface area contributed by atoms with Crippen molar-refractivity contribution in [2.45, 2.75) is 32.0 Å². The molecule has 2 aromatic heterocycles. The van der Waals surface area contributed by atoms with Gasteiger partial charge < -0.3 is 0 Å². The average Bonchev–Trinajstić information content (AvgIpc) is 3.13. The predicted octanol–water partition coefficient (Wildman–Crippen LogP) is 3.36. The molecule has 5 nitrogen and oxygen atoms in total. The molecule has 0 saturated carbocycles. The second-order valence-corrected chi connectivity index (χ2v) is 8.16. The van der Waals surface area contributed by atoms with Crippen LogP contribution in [-0.4, -0.2) is 50.2 Å². The van der Waals surface area contributed by atoms with E-state index in [1.807, 2.05) is 35.4 Å². The van der Waals surface area contributed by atoms with E-state index in [1.165, 1.54) is 37.2 Å². The first-order chi connectivity index (χ1) is 13.8. The molecule has 0 amide bonds. The Balaban J connectivity index is 1.25. The van der Waals surface area contributed by atoms with E-state index < -0.39 is 0 Å². The third-order valence-corrected chi connectivity index (χ3v) is 6.11. The number of rotatable bonds is 5. The van der Waals surface area contributed by atoms with Crippen molar-refractivity contribution in [3.05, 3.63) is 78.4 Å². The topological polar surface area (TPSA) is 37.2 Å². The van der Waals surface area contributed by atoms with Gasteiger partial charge in [0.2, 0.25) is 0 Å². The highest BCUT2D eigenvalue weighted by Gasteiger charge is 2.34. The van der Waals surface area contributed by atoms with Crippen LogP contribution in [-0.2, 0) is 13.1 Å². The summed E-state index contributed by atoms with van der Waals surface area (Å²) in [5, 5.41) is 4.31. The molecular formula is C23H27N5. The fourth-order valence-electron chi connectivity index (χ4n) is 4.73. The maximum absolute atomic E-state index is 4.53. The van der Waals surface area contributed by atoms with Gasteiger partial charge in [-0.05, 0) is 54.7 Å². The van der Waals surface area contributed by atoms with E-state index in [-0.39, 0.29) is 0 Å². The van der Waals surface area contributed by atoms with Gasteiger partial charge in [-0.15, -0.1) is 0 Å². The molecule has 0 N–H and O–H groups in total. The van der Waals surface area contributed by atoms with E-state index in [9.17, 15) is 0 Å². The summed E-state index contributed by atoms with van der Waals surface area (Å²) in [6.07, 6.45) is 8.38. The molecule has 0 spiro atoms. The fourth-order valence-corrected chi connectivity index (χ4v) is 4.73. The van der Waals surface area contributed by atoms with Crippen molar-refractivity contribution in [1.82, 2.24) is 24.6 Å². The van der Waals surface area contributed by atoms with E-state index >= 15 is 0 Å². The highest BCUT2D eigenvalue weighted by molar-refractivity contribution is 5.33. The monoisotopic (exact) mass is 373 g/mol. The molecule has 3 aliphatic rings. The Morgan fingerprint density at radius 3 is 2.57 bits per heavy atom. The van der Waals surface area contributed by atoms with Crippen molar-refractivity contribution in [2.24, 2.45) is 5.92 Å². The number of aromatic nitrogens is 3. The van der Waals surface area contributed by atoms with Crippen molar-refractivity contribution in [1.29, 1.82) is 0 Å². The molecule has 2 bridgehead atoms. The molecule has 6 rings (SSSR count). The quantitative estimate of drug-likeness (QED) is 0.687. The highest BCUT2D eigenvalue weighted by Crippen LogP contribution is 2.30. The summed E-state index contributed by atoms with van der Waals surface area (Å²) in [7, 11) is 0. The first kappa shape index (κ1) is 17.6. The molecule has 3 aromatic rings. The van der Waals surface area contributed by atoms with Crippen LogP contribution in [0.15, 0.2) is 67.1 Å². The summed E-state index contributed by atoms with van der Waals surface area (Å²) in [6.45, 7) is 5.57. The number of benzene rings is 1. The Kier molecular flexibility index (Phi) is 4.93. The number of nitrogens with zero attached hydrogens (tertiary/aromatic N) is 5. The number of piperidine rings is 1. The largest absolute Gasteiger partial charge is 0.296 e. The lowest BCUT2D eigenvalue weighted by molar-refractivity contribution is 0.123. The van der Waals surface area contributed by atoms with Gasteiger partial charge in [-0.25, -0.2) is 4.68 Å². The second-order valence-electron chi connectivity index (χ2n) is 8.16. The molecule has 3 aliphatic heterocycles. The van der Waals surface area contributed by atoms with Crippen LogP contribution in [0, 0.1) is 5.92 Å². The standard InChI is InChI=1S/C23H27N5/c1-2-11-24-21(4-1)17-26-14-20-7-10-23(18-26)27(16-20)15-19-5-8-22(9-6-19)28-13-3-12-25-28/h1-6,8-9,11-13,20,23H,7,10,14-18H2/t20-,23+/m0/s1. The van der Waals surface area contributed by atoms with Crippen LogP contribution in [0.5, 0.6) is 0 Å².